The average Bonchev–Trinajstić information content (AvgIpc) is 3.03. The Morgan fingerprint density at radius 2 is 1.61 bits per heavy atom. The lowest BCUT2D eigenvalue weighted by molar-refractivity contribution is -0.918. The molecule has 1 atom stereocenters. The molecule has 2 aliphatic rings. The Morgan fingerprint density at radius 3 is 2.25 bits per heavy atom. The maximum Gasteiger partial charge on any atom is 0.292 e. The van der Waals surface area contributed by atoms with Gasteiger partial charge in [-0.1, -0.05) is 29.8 Å². The number of carbonyl (C=O) groups excluding carboxylic acids is 3. The third-order valence-corrected chi connectivity index (χ3v) is 5.69. The molecule has 2 fully saturated rings. The van der Waals surface area contributed by atoms with Crippen molar-refractivity contribution in [2.45, 2.75) is 12.5 Å². The highest BCUT2D eigenvalue weighted by molar-refractivity contribution is 6.30. The van der Waals surface area contributed by atoms with E-state index in [0.717, 1.165) is 4.90 Å². The minimum Gasteiger partial charge on any atom is -0.327 e. The molecule has 0 saturated carbocycles. The summed E-state index contributed by atoms with van der Waals surface area (Å²) < 4.78 is 0. The maximum atomic E-state index is 12.9. The predicted octanol–water partition coefficient (Wildman–Crippen LogP) is 1.01. The van der Waals surface area contributed by atoms with Crippen LogP contribution in [0.1, 0.15) is 16.8 Å². The highest BCUT2D eigenvalue weighted by Gasteiger charge is 2.46. The van der Waals surface area contributed by atoms with Gasteiger partial charge in [-0.25, -0.2) is 4.90 Å². The van der Waals surface area contributed by atoms with E-state index >= 15 is 0 Å². The van der Waals surface area contributed by atoms with Gasteiger partial charge in [0.2, 0.25) is 5.91 Å². The standard InChI is InChI=1S/C21H20ClN3O3/c22-16-6-8-17(9-7-16)25-19(26)14-18(21(25)28)23-10-12-24(13-11-23)20(27)15-4-2-1-3-5-15/h1-9,18H,10-14H2/p+1/t18-/m0/s1. The molecule has 2 aliphatic heterocycles. The van der Waals surface area contributed by atoms with Crippen LogP contribution in [0.5, 0.6) is 0 Å². The van der Waals surface area contributed by atoms with Crippen LogP contribution in [0.3, 0.4) is 0 Å². The van der Waals surface area contributed by atoms with Crippen molar-refractivity contribution in [1.82, 2.24) is 4.90 Å². The molecule has 1 N–H and O–H groups in total. The largest absolute Gasteiger partial charge is 0.327 e. The van der Waals surface area contributed by atoms with Crippen LogP contribution in [0.2, 0.25) is 5.02 Å². The third-order valence-electron chi connectivity index (χ3n) is 5.44. The van der Waals surface area contributed by atoms with Gasteiger partial charge in [0.05, 0.1) is 38.3 Å². The lowest BCUT2D eigenvalue weighted by Gasteiger charge is -2.34. The number of anilines is 1. The minimum absolute atomic E-state index is 0.0104. The van der Waals surface area contributed by atoms with E-state index in [4.69, 9.17) is 11.6 Å². The maximum absolute atomic E-state index is 12.9. The first kappa shape index (κ1) is 18.7. The Kier molecular flexibility index (Phi) is 5.15. The molecule has 0 radical (unpaired) electrons. The molecule has 7 heteroatoms. The summed E-state index contributed by atoms with van der Waals surface area (Å²) in [6.45, 7) is 2.44. The van der Waals surface area contributed by atoms with Crippen molar-refractivity contribution >= 4 is 35.0 Å². The number of hydrogen-bond acceptors (Lipinski definition) is 3. The minimum atomic E-state index is -0.392. The van der Waals surface area contributed by atoms with Crippen LogP contribution in [0.4, 0.5) is 5.69 Å². The van der Waals surface area contributed by atoms with Crippen LogP contribution < -0.4 is 9.80 Å². The Morgan fingerprint density at radius 1 is 0.964 bits per heavy atom. The number of piperazine rings is 1. The van der Waals surface area contributed by atoms with Crippen LogP contribution in [-0.4, -0.2) is 54.8 Å². The van der Waals surface area contributed by atoms with Gasteiger partial charge in [-0.2, -0.15) is 0 Å². The molecule has 144 valence electrons. The first-order valence-electron chi connectivity index (χ1n) is 9.36. The van der Waals surface area contributed by atoms with E-state index in [1.165, 1.54) is 4.90 Å². The second-order valence-electron chi connectivity index (χ2n) is 7.12. The Hall–Kier alpha value is -2.70. The molecular formula is C21H21ClN3O3+. The van der Waals surface area contributed by atoms with Gasteiger partial charge in [0.25, 0.3) is 11.8 Å². The monoisotopic (exact) mass is 398 g/mol. The van der Waals surface area contributed by atoms with Crippen molar-refractivity contribution in [2.24, 2.45) is 0 Å². The summed E-state index contributed by atoms with van der Waals surface area (Å²) in [5.41, 5.74) is 1.23. The van der Waals surface area contributed by atoms with Crippen molar-refractivity contribution in [1.29, 1.82) is 0 Å². The van der Waals surface area contributed by atoms with Crippen molar-refractivity contribution in [3.05, 3.63) is 65.2 Å². The van der Waals surface area contributed by atoms with Crippen molar-refractivity contribution < 1.29 is 19.3 Å². The van der Waals surface area contributed by atoms with Crippen LogP contribution in [0.15, 0.2) is 54.6 Å². The number of imide groups is 1. The first-order chi connectivity index (χ1) is 13.5. The second-order valence-corrected chi connectivity index (χ2v) is 7.55. The zero-order valence-electron chi connectivity index (χ0n) is 15.3. The number of halogens is 1. The number of nitrogens with zero attached hydrogens (tertiary/aromatic N) is 2. The van der Waals surface area contributed by atoms with Crippen LogP contribution in [0.25, 0.3) is 0 Å². The Labute approximate surface area is 168 Å². The van der Waals surface area contributed by atoms with Gasteiger partial charge in [-0.3, -0.25) is 14.4 Å². The predicted molar refractivity (Wildman–Crippen MR) is 105 cm³/mol. The summed E-state index contributed by atoms with van der Waals surface area (Å²) in [6, 6.07) is 15.5. The van der Waals surface area contributed by atoms with Gasteiger partial charge in [-0.05, 0) is 36.4 Å². The van der Waals surface area contributed by atoms with Gasteiger partial charge < -0.3 is 9.80 Å². The quantitative estimate of drug-likeness (QED) is 0.785. The summed E-state index contributed by atoms with van der Waals surface area (Å²) in [4.78, 5) is 42.1. The third kappa shape index (κ3) is 3.53. The van der Waals surface area contributed by atoms with E-state index < -0.39 is 6.04 Å². The number of amides is 3. The lowest BCUT2D eigenvalue weighted by Crippen LogP contribution is -3.19. The molecule has 6 nitrogen and oxygen atoms in total. The summed E-state index contributed by atoms with van der Waals surface area (Å²) in [5.74, 6) is -0.353. The lowest BCUT2D eigenvalue weighted by atomic mass is 10.1. The van der Waals surface area contributed by atoms with E-state index in [1.807, 2.05) is 35.2 Å². The van der Waals surface area contributed by atoms with Gasteiger partial charge in [-0.15, -0.1) is 0 Å². The Bertz CT molecular complexity index is 893. The summed E-state index contributed by atoms with van der Waals surface area (Å²) in [5, 5.41) is 0.559. The normalized spacial score (nSPS) is 20.7. The highest BCUT2D eigenvalue weighted by atomic mass is 35.5. The molecule has 2 aromatic rings. The number of nitrogens with one attached hydrogen (secondary N) is 1. The molecule has 2 saturated heterocycles. The molecule has 0 spiro atoms. The molecule has 0 aromatic heterocycles. The van der Waals surface area contributed by atoms with Crippen molar-refractivity contribution in [3.8, 4) is 0 Å². The molecule has 4 rings (SSSR count). The molecule has 0 bridgehead atoms. The second kappa shape index (κ2) is 7.73. The summed E-state index contributed by atoms with van der Waals surface area (Å²) in [7, 11) is 0. The molecule has 28 heavy (non-hydrogen) atoms. The number of hydrogen-bond donors (Lipinski definition) is 1. The van der Waals surface area contributed by atoms with E-state index in [9.17, 15) is 14.4 Å². The zero-order chi connectivity index (χ0) is 19.7. The van der Waals surface area contributed by atoms with Gasteiger partial charge >= 0.3 is 0 Å². The van der Waals surface area contributed by atoms with E-state index in [-0.39, 0.29) is 24.1 Å². The van der Waals surface area contributed by atoms with Gasteiger partial charge in [0, 0.05) is 10.6 Å². The van der Waals surface area contributed by atoms with Gasteiger partial charge in [0.1, 0.15) is 0 Å². The highest BCUT2D eigenvalue weighted by Crippen LogP contribution is 2.23. The van der Waals surface area contributed by atoms with E-state index in [1.54, 1.807) is 24.3 Å². The van der Waals surface area contributed by atoms with Crippen LogP contribution >= 0.6 is 11.6 Å². The molecule has 0 aliphatic carbocycles. The molecular weight excluding hydrogens is 378 g/mol. The summed E-state index contributed by atoms with van der Waals surface area (Å²) >= 11 is 5.90. The SMILES string of the molecule is O=C(c1ccccc1)N1CC[NH+]([C@H]2CC(=O)N(c3ccc(Cl)cc3)C2=O)CC1. The topological polar surface area (TPSA) is 62.1 Å². The first-order valence-corrected chi connectivity index (χ1v) is 9.73. The summed E-state index contributed by atoms with van der Waals surface area (Å²) in [6.07, 6.45) is 0.198. The van der Waals surface area contributed by atoms with Crippen molar-refractivity contribution in [3.63, 3.8) is 0 Å². The van der Waals surface area contributed by atoms with E-state index in [2.05, 4.69) is 0 Å². The fourth-order valence-corrected chi connectivity index (χ4v) is 4.05. The number of rotatable bonds is 3. The smallest absolute Gasteiger partial charge is 0.292 e. The zero-order valence-corrected chi connectivity index (χ0v) is 16.1. The average molecular weight is 399 g/mol. The van der Waals surface area contributed by atoms with Crippen LogP contribution in [-0.2, 0) is 9.59 Å². The fourth-order valence-electron chi connectivity index (χ4n) is 3.92. The van der Waals surface area contributed by atoms with Crippen LogP contribution in [0, 0.1) is 0 Å². The molecule has 2 heterocycles. The molecule has 0 unspecified atom stereocenters. The van der Waals surface area contributed by atoms with Crippen molar-refractivity contribution in [2.75, 3.05) is 31.1 Å². The molecule has 2 aromatic carbocycles. The number of carbonyl (C=O) groups is 3. The fraction of sp³-hybridized carbons (Fsp3) is 0.286. The number of benzene rings is 2. The Balaban J connectivity index is 1.41. The van der Waals surface area contributed by atoms with Gasteiger partial charge in [0.15, 0.2) is 6.04 Å². The molecule has 3 amide bonds. The van der Waals surface area contributed by atoms with E-state index in [0.29, 0.717) is 42.5 Å². The number of quaternary nitrogens is 1.